The molecule has 122 valence electrons. The zero-order valence-electron chi connectivity index (χ0n) is 13.4. The smallest absolute Gasteiger partial charge is 0.363 e. The summed E-state index contributed by atoms with van der Waals surface area (Å²) >= 11 is 0. The molecule has 0 bridgehead atoms. The third kappa shape index (κ3) is 3.06. The topological polar surface area (TPSA) is 47.9 Å². The van der Waals surface area contributed by atoms with E-state index >= 15 is 0 Å². The van der Waals surface area contributed by atoms with Crippen molar-refractivity contribution < 1.29 is 18.7 Å². The first-order chi connectivity index (χ1) is 11.6. The van der Waals surface area contributed by atoms with E-state index in [9.17, 15) is 9.18 Å². The Bertz CT molecular complexity index is 855. The lowest BCUT2D eigenvalue weighted by atomic mass is 10.1. The number of esters is 1. The molecule has 0 atom stereocenters. The number of carbonyl (C=O) groups excluding carboxylic acids is 1. The summed E-state index contributed by atoms with van der Waals surface area (Å²) in [4.78, 5) is 16.2. The van der Waals surface area contributed by atoms with Crippen LogP contribution in [0.4, 0.5) is 4.39 Å². The second-order valence-corrected chi connectivity index (χ2v) is 5.25. The maximum absolute atomic E-state index is 13.8. The van der Waals surface area contributed by atoms with Gasteiger partial charge in [0, 0.05) is 5.56 Å². The largest absolute Gasteiger partial charge is 0.496 e. The first-order valence-corrected chi connectivity index (χ1v) is 7.56. The normalized spacial score (nSPS) is 15.4. The monoisotopic (exact) mass is 325 g/mol. The van der Waals surface area contributed by atoms with Crippen LogP contribution in [-0.2, 0) is 16.0 Å². The van der Waals surface area contributed by atoms with Crippen LogP contribution in [0.2, 0.25) is 0 Å². The number of aliphatic imine (C=N–C) groups is 1. The minimum atomic E-state index is -0.614. The third-order valence-corrected chi connectivity index (χ3v) is 3.72. The molecular formula is C19H16FNO3. The lowest BCUT2D eigenvalue weighted by Gasteiger charge is -2.06. The van der Waals surface area contributed by atoms with Crippen LogP contribution in [0.3, 0.4) is 0 Å². The molecule has 1 heterocycles. The number of hydrogen-bond donors (Lipinski definition) is 0. The fourth-order valence-electron chi connectivity index (χ4n) is 2.42. The Morgan fingerprint density at radius 1 is 1.25 bits per heavy atom. The van der Waals surface area contributed by atoms with Gasteiger partial charge in [-0.15, -0.1) is 0 Å². The maximum Gasteiger partial charge on any atom is 0.363 e. The van der Waals surface area contributed by atoms with E-state index in [1.165, 1.54) is 12.1 Å². The van der Waals surface area contributed by atoms with Gasteiger partial charge in [0.1, 0.15) is 11.6 Å². The highest BCUT2D eigenvalue weighted by molar-refractivity contribution is 6.13. The van der Waals surface area contributed by atoms with Gasteiger partial charge in [0.15, 0.2) is 5.70 Å². The van der Waals surface area contributed by atoms with Gasteiger partial charge in [-0.05, 0) is 42.3 Å². The molecule has 0 radical (unpaired) electrons. The van der Waals surface area contributed by atoms with Gasteiger partial charge in [0.2, 0.25) is 5.90 Å². The second-order valence-electron chi connectivity index (χ2n) is 5.25. The highest BCUT2D eigenvalue weighted by atomic mass is 19.1. The molecule has 2 aromatic carbocycles. The van der Waals surface area contributed by atoms with Crippen LogP contribution in [0.5, 0.6) is 5.75 Å². The Morgan fingerprint density at radius 2 is 2.04 bits per heavy atom. The quantitative estimate of drug-likeness (QED) is 0.635. The molecule has 0 spiro atoms. The summed E-state index contributed by atoms with van der Waals surface area (Å²) in [6, 6.07) is 11.8. The summed E-state index contributed by atoms with van der Waals surface area (Å²) in [5, 5.41) is 0. The van der Waals surface area contributed by atoms with Gasteiger partial charge < -0.3 is 9.47 Å². The Morgan fingerprint density at radius 3 is 2.75 bits per heavy atom. The van der Waals surface area contributed by atoms with Crippen molar-refractivity contribution in [1.82, 2.24) is 0 Å². The summed E-state index contributed by atoms with van der Waals surface area (Å²) in [6.45, 7) is 2.04. The SMILES string of the molecule is CCc1ccc(OC)c(/C=C2/N=C(c3ccccc3F)OC2=O)c1. The van der Waals surface area contributed by atoms with Gasteiger partial charge in [0.25, 0.3) is 0 Å². The van der Waals surface area contributed by atoms with Gasteiger partial charge in [-0.25, -0.2) is 14.2 Å². The standard InChI is InChI=1S/C19H16FNO3/c1-3-12-8-9-17(23-2)13(10-12)11-16-19(22)24-18(21-16)14-6-4-5-7-15(14)20/h4-11H,3H2,1-2H3/b16-11+. The van der Waals surface area contributed by atoms with Crippen molar-refractivity contribution in [2.24, 2.45) is 4.99 Å². The molecule has 3 rings (SSSR count). The molecule has 5 heteroatoms. The first-order valence-electron chi connectivity index (χ1n) is 7.56. The van der Waals surface area contributed by atoms with Crippen molar-refractivity contribution in [3.05, 3.63) is 70.7 Å². The molecule has 1 aliphatic rings. The van der Waals surface area contributed by atoms with Crippen LogP contribution < -0.4 is 4.74 Å². The van der Waals surface area contributed by atoms with E-state index in [4.69, 9.17) is 9.47 Å². The number of methoxy groups -OCH3 is 1. The number of benzene rings is 2. The number of nitrogens with zero attached hydrogens (tertiary/aromatic N) is 1. The molecule has 0 amide bonds. The van der Waals surface area contributed by atoms with Crippen molar-refractivity contribution >= 4 is 17.9 Å². The van der Waals surface area contributed by atoms with E-state index in [2.05, 4.69) is 4.99 Å². The predicted molar refractivity (Wildman–Crippen MR) is 89.4 cm³/mol. The Labute approximate surface area is 139 Å². The van der Waals surface area contributed by atoms with Crippen LogP contribution in [0.15, 0.2) is 53.2 Å². The Hall–Kier alpha value is -2.95. The lowest BCUT2D eigenvalue weighted by molar-refractivity contribution is -0.129. The van der Waals surface area contributed by atoms with Crippen molar-refractivity contribution in [3.63, 3.8) is 0 Å². The third-order valence-electron chi connectivity index (χ3n) is 3.72. The molecule has 2 aromatic rings. The molecule has 0 aromatic heterocycles. The second kappa shape index (κ2) is 6.66. The Kier molecular flexibility index (Phi) is 4.42. The van der Waals surface area contributed by atoms with E-state index < -0.39 is 11.8 Å². The maximum atomic E-state index is 13.8. The average molecular weight is 325 g/mol. The number of cyclic esters (lactones) is 1. The van der Waals surface area contributed by atoms with Crippen molar-refractivity contribution in [3.8, 4) is 5.75 Å². The average Bonchev–Trinajstić information content (AvgIpc) is 2.95. The molecule has 0 aliphatic carbocycles. The Balaban J connectivity index is 2.02. The van der Waals surface area contributed by atoms with E-state index in [0.29, 0.717) is 5.75 Å². The molecule has 0 N–H and O–H groups in total. The van der Waals surface area contributed by atoms with Gasteiger partial charge in [-0.1, -0.05) is 25.1 Å². The van der Waals surface area contributed by atoms with Crippen LogP contribution in [0.25, 0.3) is 6.08 Å². The number of carbonyl (C=O) groups is 1. The highest BCUT2D eigenvalue weighted by Crippen LogP contribution is 2.26. The summed E-state index contributed by atoms with van der Waals surface area (Å²) < 4.78 is 24.2. The van der Waals surface area contributed by atoms with Gasteiger partial charge in [-0.3, -0.25) is 0 Å². The molecule has 4 nitrogen and oxygen atoms in total. The van der Waals surface area contributed by atoms with E-state index in [1.54, 1.807) is 25.3 Å². The summed E-state index contributed by atoms with van der Waals surface area (Å²) in [5.74, 6) is -0.509. The summed E-state index contributed by atoms with van der Waals surface area (Å²) in [5.41, 5.74) is 2.10. The number of ether oxygens (including phenoxy) is 2. The van der Waals surface area contributed by atoms with Crippen molar-refractivity contribution in [2.75, 3.05) is 7.11 Å². The molecule has 0 fully saturated rings. The van der Waals surface area contributed by atoms with E-state index in [0.717, 1.165) is 17.5 Å². The number of aryl methyl sites for hydroxylation is 1. The first kappa shape index (κ1) is 15.9. The molecular weight excluding hydrogens is 309 g/mol. The van der Waals surface area contributed by atoms with Gasteiger partial charge in [0.05, 0.1) is 12.7 Å². The minimum absolute atomic E-state index is 0.0324. The van der Waals surface area contributed by atoms with Gasteiger partial charge in [-0.2, -0.15) is 0 Å². The van der Waals surface area contributed by atoms with E-state index in [-0.39, 0.29) is 17.2 Å². The number of hydrogen-bond acceptors (Lipinski definition) is 4. The van der Waals surface area contributed by atoms with Crippen LogP contribution >= 0.6 is 0 Å². The van der Waals surface area contributed by atoms with Crippen molar-refractivity contribution in [2.45, 2.75) is 13.3 Å². The predicted octanol–water partition coefficient (Wildman–Crippen LogP) is 3.74. The molecule has 0 saturated heterocycles. The van der Waals surface area contributed by atoms with Crippen LogP contribution in [0.1, 0.15) is 23.6 Å². The highest BCUT2D eigenvalue weighted by Gasteiger charge is 2.26. The number of halogens is 1. The molecule has 1 aliphatic heterocycles. The number of rotatable bonds is 4. The molecule has 0 saturated carbocycles. The molecule has 0 unspecified atom stereocenters. The van der Waals surface area contributed by atoms with Crippen LogP contribution in [-0.4, -0.2) is 19.0 Å². The fourth-order valence-corrected chi connectivity index (χ4v) is 2.42. The van der Waals surface area contributed by atoms with Gasteiger partial charge >= 0.3 is 5.97 Å². The fraction of sp³-hybridized carbons (Fsp3) is 0.158. The zero-order chi connectivity index (χ0) is 17.1. The summed E-state index contributed by atoms with van der Waals surface area (Å²) in [6.07, 6.45) is 2.45. The zero-order valence-corrected chi connectivity index (χ0v) is 13.4. The molecule has 24 heavy (non-hydrogen) atoms. The van der Waals surface area contributed by atoms with Crippen molar-refractivity contribution in [1.29, 1.82) is 0 Å². The summed E-state index contributed by atoms with van der Waals surface area (Å²) in [7, 11) is 1.56. The minimum Gasteiger partial charge on any atom is -0.496 e. The van der Waals surface area contributed by atoms with E-state index in [1.807, 2.05) is 25.1 Å². The lowest BCUT2D eigenvalue weighted by Crippen LogP contribution is -2.07. The van der Waals surface area contributed by atoms with Crippen LogP contribution in [0, 0.1) is 5.82 Å².